The summed E-state index contributed by atoms with van der Waals surface area (Å²) in [7, 11) is 0. The monoisotopic (exact) mass is 472 g/mol. The number of rotatable bonds is 8. The first kappa shape index (κ1) is 23.9. The van der Waals surface area contributed by atoms with Crippen molar-refractivity contribution in [3.63, 3.8) is 0 Å². The molecule has 0 aromatic heterocycles. The van der Waals surface area contributed by atoms with Gasteiger partial charge in [0.25, 0.3) is 0 Å². The highest BCUT2D eigenvalue weighted by molar-refractivity contribution is 6.05. The summed E-state index contributed by atoms with van der Waals surface area (Å²) in [6.07, 6.45) is 9.52. The lowest BCUT2D eigenvalue weighted by Gasteiger charge is -2.35. The number of carbonyl (C=O) groups is 4. The summed E-state index contributed by atoms with van der Waals surface area (Å²) in [6.45, 7) is 6.89. The Morgan fingerprint density at radius 2 is 0.765 bits per heavy atom. The Labute approximate surface area is 203 Å². The van der Waals surface area contributed by atoms with Crippen LogP contribution >= 0.6 is 0 Å². The maximum atomic E-state index is 12.6. The van der Waals surface area contributed by atoms with E-state index in [2.05, 4.69) is 9.80 Å². The van der Waals surface area contributed by atoms with Gasteiger partial charge in [-0.25, -0.2) is 0 Å². The predicted molar refractivity (Wildman–Crippen MR) is 126 cm³/mol. The number of likely N-dealkylation sites (tertiary alicyclic amines) is 2. The van der Waals surface area contributed by atoms with E-state index in [1.807, 2.05) is 0 Å². The number of imide groups is 2. The predicted octanol–water partition coefficient (Wildman–Crippen LogP) is 1.73. The number of fused-ring (bicyclic) bond motifs is 2. The Hall–Kier alpha value is -1.80. The van der Waals surface area contributed by atoms with Gasteiger partial charge in [-0.2, -0.15) is 0 Å². The van der Waals surface area contributed by atoms with Crippen molar-refractivity contribution < 1.29 is 19.2 Å². The second kappa shape index (κ2) is 10.4. The van der Waals surface area contributed by atoms with Crippen molar-refractivity contribution in [2.24, 2.45) is 23.7 Å². The molecule has 3 aliphatic heterocycles. The number of hydrogen-bond donors (Lipinski definition) is 0. The van der Waals surface area contributed by atoms with Gasteiger partial charge in [-0.15, -0.1) is 0 Å². The Balaban J connectivity index is 0.982. The highest BCUT2D eigenvalue weighted by Crippen LogP contribution is 2.39. The number of carbonyl (C=O) groups excluding carboxylic acids is 4. The lowest BCUT2D eigenvalue weighted by Crippen LogP contribution is -2.47. The van der Waals surface area contributed by atoms with E-state index in [-0.39, 0.29) is 47.3 Å². The second-order valence-corrected chi connectivity index (χ2v) is 11.0. The maximum Gasteiger partial charge on any atom is 0.233 e. The van der Waals surface area contributed by atoms with Crippen LogP contribution in [0.15, 0.2) is 0 Å². The van der Waals surface area contributed by atoms with Gasteiger partial charge in [0.15, 0.2) is 0 Å². The normalized spacial score (nSPS) is 33.1. The average molecular weight is 473 g/mol. The molecule has 5 aliphatic rings. The summed E-state index contributed by atoms with van der Waals surface area (Å²) in [5.74, 6) is 0.143. The molecule has 8 nitrogen and oxygen atoms in total. The molecule has 0 bridgehead atoms. The molecule has 0 N–H and O–H groups in total. The van der Waals surface area contributed by atoms with Crippen molar-refractivity contribution in [2.75, 3.05) is 52.4 Å². The van der Waals surface area contributed by atoms with Crippen LogP contribution in [0.3, 0.4) is 0 Å². The van der Waals surface area contributed by atoms with Gasteiger partial charge < -0.3 is 9.80 Å². The van der Waals surface area contributed by atoms with Gasteiger partial charge in [0.2, 0.25) is 23.6 Å². The second-order valence-electron chi connectivity index (χ2n) is 11.0. The van der Waals surface area contributed by atoms with Crippen molar-refractivity contribution in [3.8, 4) is 0 Å². The summed E-state index contributed by atoms with van der Waals surface area (Å²) in [4.78, 5) is 58.4. The smallest absolute Gasteiger partial charge is 0.233 e. The number of hydrogen-bond acceptors (Lipinski definition) is 6. The van der Waals surface area contributed by atoms with E-state index >= 15 is 0 Å². The van der Waals surface area contributed by atoms with Crippen LogP contribution < -0.4 is 0 Å². The average Bonchev–Trinajstić information content (AvgIpc) is 3.26. The number of piperazine rings is 1. The highest BCUT2D eigenvalue weighted by atomic mass is 16.2. The largest absolute Gasteiger partial charge is 0.301 e. The zero-order chi connectivity index (χ0) is 23.7. The van der Waals surface area contributed by atoms with Crippen molar-refractivity contribution in [2.45, 2.75) is 64.2 Å². The number of nitrogens with zero attached hydrogens (tertiary/aromatic N) is 4. The third-order valence-electron chi connectivity index (χ3n) is 9.04. The van der Waals surface area contributed by atoms with Crippen LogP contribution in [0.4, 0.5) is 0 Å². The minimum absolute atomic E-state index is 0.0417. The molecule has 2 saturated carbocycles. The quantitative estimate of drug-likeness (QED) is 0.501. The number of amides is 4. The Morgan fingerprint density at radius 3 is 1.06 bits per heavy atom. The maximum absolute atomic E-state index is 12.6. The Bertz CT molecular complexity index is 695. The fourth-order valence-electron chi connectivity index (χ4n) is 7.04. The Kier molecular flexibility index (Phi) is 7.35. The molecule has 5 rings (SSSR count). The highest BCUT2D eigenvalue weighted by Gasteiger charge is 2.48. The standard InChI is InChI=1S/C26H40N4O4/c31-23-19-7-1-2-8-20(19)24(32)29(23)13-5-11-27-15-17-28(18-16-27)12-6-14-30-25(33)21-9-3-4-10-22(21)26(30)34/h19-22H,1-18H2. The van der Waals surface area contributed by atoms with Gasteiger partial charge in [0.1, 0.15) is 0 Å². The molecule has 0 radical (unpaired) electrons. The zero-order valence-corrected chi connectivity index (χ0v) is 20.5. The molecule has 0 aromatic rings. The molecule has 4 amide bonds. The molecular weight excluding hydrogens is 432 g/mol. The molecule has 8 heteroatoms. The molecule has 3 heterocycles. The minimum Gasteiger partial charge on any atom is -0.301 e. The van der Waals surface area contributed by atoms with Gasteiger partial charge in [0.05, 0.1) is 23.7 Å². The summed E-state index contributed by atoms with van der Waals surface area (Å²) < 4.78 is 0. The zero-order valence-electron chi connectivity index (χ0n) is 20.5. The van der Waals surface area contributed by atoms with Gasteiger partial charge in [-0.3, -0.25) is 29.0 Å². The van der Waals surface area contributed by atoms with Crippen LogP contribution in [-0.2, 0) is 19.2 Å². The first-order valence-corrected chi connectivity index (χ1v) is 13.7. The molecule has 0 aromatic carbocycles. The van der Waals surface area contributed by atoms with Crippen molar-refractivity contribution in [1.29, 1.82) is 0 Å². The molecule has 4 atom stereocenters. The fourth-order valence-corrected chi connectivity index (χ4v) is 7.04. The van der Waals surface area contributed by atoms with Gasteiger partial charge >= 0.3 is 0 Å². The first-order chi connectivity index (χ1) is 16.5. The van der Waals surface area contributed by atoms with Crippen molar-refractivity contribution in [3.05, 3.63) is 0 Å². The SMILES string of the molecule is O=C1C2CCCCC2C(=O)N1CCCN1CCN(CCCN2C(=O)C3CCCCC3C2=O)CC1. The van der Waals surface area contributed by atoms with Crippen LogP contribution in [-0.4, -0.2) is 95.6 Å². The molecule has 2 aliphatic carbocycles. The molecular formula is C26H40N4O4. The Morgan fingerprint density at radius 1 is 0.471 bits per heavy atom. The van der Waals surface area contributed by atoms with E-state index < -0.39 is 0 Å². The molecule has 5 fully saturated rings. The van der Waals surface area contributed by atoms with Crippen molar-refractivity contribution in [1.82, 2.24) is 19.6 Å². The molecule has 34 heavy (non-hydrogen) atoms. The third-order valence-corrected chi connectivity index (χ3v) is 9.04. The molecule has 0 spiro atoms. The topological polar surface area (TPSA) is 81.2 Å². The molecule has 188 valence electrons. The van der Waals surface area contributed by atoms with Crippen LogP contribution in [0, 0.1) is 23.7 Å². The van der Waals surface area contributed by atoms with Crippen LogP contribution in [0.1, 0.15) is 64.2 Å². The first-order valence-electron chi connectivity index (χ1n) is 13.7. The van der Waals surface area contributed by atoms with E-state index in [1.165, 1.54) is 0 Å². The summed E-state index contributed by atoms with van der Waals surface area (Å²) in [5, 5.41) is 0. The van der Waals surface area contributed by atoms with E-state index in [4.69, 9.17) is 0 Å². The van der Waals surface area contributed by atoms with E-state index in [9.17, 15) is 19.2 Å². The summed E-state index contributed by atoms with van der Waals surface area (Å²) in [5.41, 5.74) is 0. The lowest BCUT2D eigenvalue weighted by molar-refractivity contribution is -0.141. The van der Waals surface area contributed by atoms with E-state index in [1.54, 1.807) is 9.80 Å². The fraction of sp³-hybridized carbons (Fsp3) is 0.846. The van der Waals surface area contributed by atoms with Gasteiger partial charge in [-0.1, -0.05) is 25.7 Å². The minimum atomic E-state index is -0.0417. The molecule has 3 saturated heterocycles. The van der Waals surface area contributed by atoms with Crippen LogP contribution in [0.25, 0.3) is 0 Å². The third kappa shape index (κ3) is 4.68. The molecule has 4 unspecified atom stereocenters. The lowest BCUT2D eigenvalue weighted by atomic mass is 9.81. The van der Waals surface area contributed by atoms with Crippen LogP contribution in [0.5, 0.6) is 0 Å². The van der Waals surface area contributed by atoms with Gasteiger partial charge in [-0.05, 0) is 51.6 Å². The van der Waals surface area contributed by atoms with E-state index in [0.29, 0.717) is 13.1 Å². The summed E-state index contributed by atoms with van der Waals surface area (Å²) in [6, 6.07) is 0. The summed E-state index contributed by atoms with van der Waals surface area (Å²) >= 11 is 0. The van der Waals surface area contributed by atoms with E-state index in [0.717, 1.165) is 103 Å². The van der Waals surface area contributed by atoms with Crippen molar-refractivity contribution >= 4 is 23.6 Å². The van der Waals surface area contributed by atoms with Crippen LogP contribution in [0.2, 0.25) is 0 Å². The van der Waals surface area contributed by atoms with Gasteiger partial charge in [0, 0.05) is 39.3 Å².